The normalized spacial score (nSPS) is 9.61. The largest absolute Gasteiger partial charge is 0.477 e. The van der Waals surface area contributed by atoms with Gasteiger partial charge in [-0.2, -0.15) is 5.10 Å². The fourth-order valence-electron chi connectivity index (χ4n) is 1.44. The van der Waals surface area contributed by atoms with E-state index in [9.17, 15) is 4.79 Å². The van der Waals surface area contributed by atoms with E-state index in [-0.39, 0.29) is 5.69 Å². The third kappa shape index (κ3) is 2.79. The van der Waals surface area contributed by atoms with Gasteiger partial charge in [-0.05, 0) is 18.2 Å². The van der Waals surface area contributed by atoms with Crippen LogP contribution >= 0.6 is 15.9 Å². The van der Waals surface area contributed by atoms with Gasteiger partial charge in [-0.3, -0.25) is 5.10 Å². The highest BCUT2D eigenvalue weighted by Crippen LogP contribution is 2.18. The third-order valence-electron chi connectivity index (χ3n) is 2.29. The molecular formula is C13H9BrN2O2. The minimum absolute atomic E-state index is 0.0770. The van der Waals surface area contributed by atoms with Crippen LogP contribution in [-0.4, -0.2) is 26.6 Å². The molecule has 0 amide bonds. The second-order valence-electron chi connectivity index (χ2n) is 3.48. The summed E-state index contributed by atoms with van der Waals surface area (Å²) in [5, 5.41) is 15.8. The molecule has 0 bridgehead atoms. The van der Waals surface area contributed by atoms with Crippen LogP contribution in [0.1, 0.15) is 16.1 Å². The van der Waals surface area contributed by atoms with E-state index >= 15 is 0 Å². The van der Waals surface area contributed by atoms with Crippen molar-refractivity contribution in [3.63, 3.8) is 0 Å². The summed E-state index contributed by atoms with van der Waals surface area (Å²) in [6, 6.07) is 8.97. The zero-order chi connectivity index (χ0) is 13.0. The number of halogens is 1. The predicted octanol–water partition coefficient (Wildman–Crippen LogP) is 2.52. The molecule has 2 aromatic rings. The Morgan fingerprint density at radius 3 is 2.67 bits per heavy atom. The van der Waals surface area contributed by atoms with Gasteiger partial charge in [0.05, 0.1) is 11.0 Å². The van der Waals surface area contributed by atoms with Crippen molar-refractivity contribution in [1.29, 1.82) is 0 Å². The molecule has 5 heteroatoms. The molecule has 0 aliphatic carbocycles. The first-order chi connectivity index (χ1) is 8.70. The number of carboxylic acids is 1. The van der Waals surface area contributed by atoms with E-state index in [4.69, 9.17) is 5.11 Å². The molecule has 0 aliphatic heterocycles. The van der Waals surface area contributed by atoms with Crippen LogP contribution < -0.4 is 0 Å². The van der Waals surface area contributed by atoms with E-state index in [2.05, 4.69) is 38.0 Å². The van der Waals surface area contributed by atoms with Crippen molar-refractivity contribution < 1.29 is 9.90 Å². The van der Waals surface area contributed by atoms with E-state index in [1.165, 1.54) is 6.07 Å². The lowest BCUT2D eigenvalue weighted by atomic mass is 10.1. The van der Waals surface area contributed by atoms with Crippen LogP contribution in [0.15, 0.2) is 30.3 Å². The van der Waals surface area contributed by atoms with Crippen molar-refractivity contribution in [2.75, 3.05) is 5.33 Å². The molecule has 90 valence electrons. The van der Waals surface area contributed by atoms with Crippen molar-refractivity contribution in [1.82, 2.24) is 10.2 Å². The molecule has 4 nitrogen and oxygen atoms in total. The molecule has 0 atom stereocenters. The molecule has 1 aromatic carbocycles. The molecular weight excluding hydrogens is 296 g/mol. The lowest BCUT2D eigenvalue weighted by Crippen LogP contribution is -1.95. The van der Waals surface area contributed by atoms with E-state index in [1.54, 1.807) is 0 Å². The number of aromatic amines is 1. The van der Waals surface area contributed by atoms with Gasteiger partial charge in [0.15, 0.2) is 0 Å². The molecule has 0 unspecified atom stereocenters. The highest BCUT2D eigenvalue weighted by Gasteiger charge is 2.08. The second kappa shape index (κ2) is 5.52. The van der Waals surface area contributed by atoms with E-state index in [0.29, 0.717) is 11.0 Å². The number of benzene rings is 1. The van der Waals surface area contributed by atoms with Gasteiger partial charge < -0.3 is 5.11 Å². The van der Waals surface area contributed by atoms with Gasteiger partial charge in [0, 0.05) is 11.1 Å². The van der Waals surface area contributed by atoms with Crippen LogP contribution in [0.5, 0.6) is 0 Å². The van der Waals surface area contributed by atoms with E-state index < -0.39 is 5.97 Å². The Bertz CT molecular complexity index is 620. The quantitative estimate of drug-likeness (QED) is 0.662. The molecule has 18 heavy (non-hydrogen) atoms. The number of carbonyl (C=O) groups is 1. The average molecular weight is 305 g/mol. The summed E-state index contributed by atoms with van der Waals surface area (Å²) in [5.41, 5.74) is 2.44. The number of hydrogen-bond donors (Lipinski definition) is 2. The van der Waals surface area contributed by atoms with Crippen LogP contribution in [0.4, 0.5) is 0 Å². The van der Waals surface area contributed by atoms with Crippen molar-refractivity contribution in [3.05, 3.63) is 41.6 Å². The molecule has 0 aliphatic rings. The van der Waals surface area contributed by atoms with Crippen LogP contribution in [0.25, 0.3) is 11.3 Å². The van der Waals surface area contributed by atoms with Gasteiger partial charge in [0.25, 0.3) is 0 Å². The first kappa shape index (κ1) is 12.4. The lowest BCUT2D eigenvalue weighted by Gasteiger charge is -1.95. The number of hydrogen-bond acceptors (Lipinski definition) is 2. The van der Waals surface area contributed by atoms with Crippen molar-refractivity contribution in [3.8, 4) is 23.1 Å². The number of carboxylic acid groups (broad SMARTS) is 1. The zero-order valence-electron chi connectivity index (χ0n) is 9.27. The van der Waals surface area contributed by atoms with Crippen LogP contribution in [0.3, 0.4) is 0 Å². The van der Waals surface area contributed by atoms with Gasteiger partial charge in [0.2, 0.25) is 0 Å². The van der Waals surface area contributed by atoms with Gasteiger partial charge in [-0.15, -0.1) is 0 Å². The highest BCUT2D eigenvalue weighted by atomic mass is 79.9. The number of aromatic carboxylic acids is 1. The molecule has 0 spiro atoms. The number of H-pyrrole nitrogens is 1. The first-order valence-corrected chi connectivity index (χ1v) is 6.27. The first-order valence-electron chi connectivity index (χ1n) is 5.14. The maximum Gasteiger partial charge on any atom is 0.353 e. The highest BCUT2D eigenvalue weighted by molar-refractivity contribution is 9.09. The number of nitrogens with zero attached hydrogens (tertiary/aromatic N) is 1. The molecule has 2 N–H and O–H groups in total. The monoisotopic (exact) mass is 304 g/mol. The Morgan fingerprint density at radius 1 is 1.39 bits per heavy atom. The van der Waals surface area contributed by atoms with Gasteiger partial charge in [-0.25, -0.2) is 4.79 Å². The minimum atomic E-state index is -1.02. The number of rotatable bonds is 2. The number of aromatic nitrogens is 2. The van der Waals surface area contributed by atoms with E-state index in [0.717, 1.165) is 11.1 Å². The summed E-state index contributed by atoms with van der Waals surface area (Å²) in [6.07, 6.45) is 0. The molecule has 0 radical (unpaired) electrons. The van der Waals surface area contributed by atoms with Crippen LogP contribution in [-0.2, 0) is 0 Å². The lowest BCUT2D eigenvalue weighted by molar-refractivity contribution is 0.0690. The number of alkyl halides is 1. The topological polar surface area (TPSA) is 66.0 Å². The Hall–Kier alpha value is -2.06. The SMILES string of the molecule is O=C(O)c1cc(-c2ccc(C#CCBr)cc2)n[nH]1. The molecule has 0 fully saturated rings. The molecule has 0 saturated heterocycles. The average Bonchev–Trinajstić information content (AvgIpc) is 2.87. The van der Waals surface area contributed by atoms with Crippen molar-refractivity contribution >= 4 is 21.9 Å². The molecule has 1 aromatic heterocycles. The van der Waals surface area contributed by atoms with Gasteiger partial charge in [0.1, 0.15) is 5.69 Å². The maximum absolute atomic E-state index is 10.7. The number of nitrogens with one attached hydrogen (secondary N) is 1. The fraction of sp³-hybridized carbons (Fsp3) is 0.0769. The molecule has 1 heterocycles. The maximum atomic E-state index is 10.7. The minimum Gasteiger partial charge on any atom is -0.477 e. The Labute approximate surface area is 112 Å². The summed E-state index contributed by atoms with van der Waals surface area (Å²) < 4.78 is 0. The molecule has 0 saturated carbocycles. The summed E-state index contributed by atoms with van der Waals surface area (Å²) in [6.45, 7) is 0. The zero-order valence-corrected chi connectivity index (χ0v) is 10.9. The summed E-state index contributed by atoms with van der Waals surface area (Å²) >= 11 is 3.23. The van der Waals surface area contributed by atoms with Crippen molar-refractivity contribution in [2.24, 2.45) is 0 Å². The summed E-state index contributed by atoms with van der Waals surface area (Å²) in [5.74, 6) is 4.87. The predicted molar refractivity (Wildman–Crippen MR) is 71.7 cm³/mol. The molecule has 2 rings (SSSR count). The standard InChI is InChI=1S/C13H9BrN2O2/c14-7-1-2-9-3-5-10(6-4-9)11-8-12(13(17)18)16-15-11/h3-6,8H,7H2,(H,15,16)(H,17,18). The van der Waals surface area contributed by atoms with Crippen molar-refractivity contribution in [2.45, 2.75) is 0 Å². The third-order valence-corrected chi connectivity index (χ3v) is 2.57. The fourth-order valence-corrected chi connectivity index (χ4v) is 1.58. The van der Waals surface area contributed by atoms with Crippen LogP contribution in [0, 0.1) is 11.8 Å². The summed E-state index contributed by atoms with van der Waals surface area (Å²) in [4.78, 5) is 10.7. The van der Waals surface area contributed by atoms with E-state index in [1.807, 2.05) is 24.3 Å². The smallest absolute Gasteiger partial charge is 0.353 e. The summed E-state index contributed by atoms with van der Waals surface area (Å²) in [7, 11) is 0. The second-order valence-corrected chi connectivity index (χ2v) is 4.05. The van der Waals surface area contributed by atoms with Gasteiger partial charge in [-0.1, -0.05) is 39.9 Å². The van der Waals surface area contributed by atoms with Gasteiger partial charge >= 0.3 is 5.97 Å². The Morgan fingerprint density at radius 2 is 2.11 bits per heavy atom. The Kier molecular flexibility index (Phi) is 3.80. The Balaban J connectivity index is 2.25. The van der Waals surface area contributed by atoms with Crippen LogP contribution in [0.2, 0.25) is 0 Å².